The fraction of sp³-hybridized carbons (Fsp3) is 0.533. The van der Waals surface area contributed by atoms with Crippen LogP contribution in [-0.4, -0.2) is 56.7 Å². The Morgan fingerprint density at radius 2 is 1.41 bits per heavy atom. The summed E-state index contributed by atoms with van der Waals surface area (Å²) >= 11 is 1.84. The first-order valence-corrected chi connectivity index (χ1v) is 8.05. The predicted octanol–water partition coefficient (Wildman–Crippen LogP) is 2.05. The maximum absolute atomic E-state index is 4.54. The number of rotatable bonds is 6. The van der Waals surface area contributed by atoms with Gasteiger partial charge in [-0.05, 0) is 25.5 Å². The second-order valence-corrected chi connectivity index (χ2v) is 7.08. The van der Waals surface area contributed by atoms with E-state index >= 15 is 0 Å². The third-order valence-electron chi connectivity index (χ3n) is 3.23. The molecule has 22 heavy (non-hydrogen) atoms. The van der Waals surface area contributed by atoms with E-state index in [2.05, 4.69) is 38.9 Å². The average molecular weight is 320 g/mol. The third-order valence-corrected chi connectivity index (χ3v) is 4.29. The fourth-order valence-corrected chi connectivity index (χ4v) is 2.79. The van der Waals surface area contributed by atoms with E-state index in [-0.39, 0.29) is 0 Å². The van der Waals surface area contributed by atoms with Crippen molar-refractivity contribution in [3.8, 4) is 0 Å². The van der Waals surface area contributed by atoms with Gasteiger partial charge in [-0.2, -0.15) is 15.0 Å². The summed E-state index contributed by atoms with van der Waals surface area (Å²) in [5, 5.41) is 0. The molecule has 2 heterocycles. The van der Waals surface area contributed by atoms with Crippen molar-refractivity contribution in [3.05, 3.63) is 21.9 Å². The van der Waals surface area contributed by atoms with Crippen LogP contribution in [-0.2, 0) is 6.42 Å². The van der Waals surface area contributed by atoms with Crippen molar-refractivity contribution >= 4 is 29.2 Å². The molecule has 0 fully saturated rings. The number of aromatic nitrogens is 3. The van der Waals surface area contributed by atoms with Gasteiger partial charge in [-0.15, -0.1) is 11.3 Å². The first-order valence-electron chi connectivity index (χ1n) is 7.24. The van der Waals surface area contributed by atoms with Gasteiger partial charge in [0, 0.05) is 51.5 Å². The van der Waals surface area contributed by atoms with E-state index in [0.717, 1.165) is 13.0 Å². The topological polar surface area (TPSA) is 48.4 Å². The summed E-state index contributed by atoms with van der Waals surface area (Å²) in [7, 11) is 9.77. The van der Waals surface area contributed by atoms with Gasteiger partial charge in [0.25, 0.3) is 0 Å². The first-order chi connectivity index (χ1) is 10.4. The van der Waals surface area contributed by atoms with Crippen LogP contribution in [0.3, 0.4) is 0 Å². The van der Waals surface area contributed by atoms with Crippen LogP contribution in [0.15, 0.2) is 12.1 Å². The van der Waals surface area contributed by atoms with Crippen molar-refractivity contribution in [1.82, 2.24) is 15.0 Å². The molecule has 0 bridgehead atoms. The van der Waals surface area contributed by atoms with Crippen molar-refractivity contribution in [2.45, 2.75) is 13.3 Å². The third kappa shape index (κ3) is 4.07. The molecule has 2 aromatic rings. The zero-order valence-electron chi connectivity index (χ0n) is 14.2. The molecule has 0 amide bonds. The number of hydrogen-bond acceptors (Lipinski definition) is 7. The number of anilines is 3. The first kappa shape index (κ1) is 16.5. The lowest BCUT2D eigenvalue weighted by Crippen LogP contribution is -2.26. The molecule has 0 radical (unpaired) electrons. The van der Waals surface area contributed by atoms with Crippen LogP contribution in [0, 0.1) is 6.92 Å². The molecule has 0 saturated heterocycles. The number of thiophene rings is 1. The lowest BCUT2D eigenvalue weighted by molar-refractivity contribution is 0.819. The molecule has 0 N–H and O–H groups in total. The molecular weight excluding hydrogens is 296 g/mol. The number of likely N-dealkylation sites (N-methyl/N-ethyl adjacent to an activating group) is 1. The van der Waals surface area contributed by atoms with E-state index < -0.39 is 0 Å². The van der Waals surface area contributed by atoms with Crippen LogP contribution >= 0.6 is 11.3 Å². The lowest BCUT2D eigenvalue weighted by atomic mass is 10.3. The molecule has 0 aliphatic carbocycles. The second-order valence-electron chi connectivity index (χ2n) is 5.71. The summed E-state index contributed by atoms with van der Waals surface area (Å²) in [6, 6.07) is 4.36. The molecule has 2 rings (SSSR count). The van der Waals surface area contributed by atoms with E-state index in [1.807, 2.05) is 56.4 Å². The average Bonchev–Trinajstić information content (AvgIpc) is 2.89. The second kappa shape index (κ2) is 6.91. The van der Waals surface area contributed by atoms with Gasteiger partial charge in [0.1, 0.15) is 0 Å². The van der Waals surface area contributed by atoms with Gasteiger partial charge in [0.05, 0.1) is 0 Å². The summed E-state index contributed by atoms with van der Waals surface area (Å²) in [4.78, 5) is 22.1. The summed E-state index contributed by atoms with van der Waals surface area (Å²) in [5.41, 5.74) is 0. The van der Waals surface area contributed by atoms with Crippen molar-refractivity contribution in [3.63, 3.8) is 0 Å². The lowest BCUT2D eigenvalue weighted by Gasteiger charge is -2.21. The molecule has 0 spiro atoms. The highest BCUT2D eigenvalue weighted by Gasteiger charge is 2.13. The van der Waals surface area contributed by atoms with E-state index in [1.54, 1.807) is 0 Å². The van der Waals surface area contributed by atoms with Crippen molar-refractivity contribution in [2.75, 3.05) is 56.5 Å². The molecule has 2 aromatic heterocycles. The summed E-state index contributed by atoms with van der Waals surface area (Å²) in [5.74, 6) is 2.05. The molecule has 120 valence electrons. The molecule has 6 nitrogen and oxygen atoms in total. The fourth-order valence-electron chi connectivity index (χ4n) is 1.91. The quantitative estimate of drug-likeness (QED) is 0.812. The SMILES string of the molecule is Cc1ccc(CCN(C)c2nc(N(C)C)nc(N(C)C)n2)s1. The summed E-state index contributed by atoms with van der Waals surface area (Å²) in [6.07, 6.45) is 0.995. The molecule has 0 saturated carbocycles. The van der Waals surface area contributed by atoms with Crippen LogP contribution in [0.5, 0.6) is 0 Å². The maximum atomic E-state index is 4.54. The van der Waals surface area contributed by atoms with Crippen molar-refractivity contribution < 1.29 is 0 Å². The van der Waals surface area contributed by atoms with Gasteiger partial charge in [0.15, 0.2) is 0 Å². The summed E-state index contributed by atoms with van der Waals surface area (Å²) < 4.78 is 0. The van der Waals surface area contributed by atoms with Gasteiger partial charge in [-0.3, -0.25) is 0 Å². The van der Waals surface area contributed by atoms with Crippen LogP contribution < -0.4 is 14.7 Å². The van der Waals surface area contributed by atoms with Crippen LogP contribution in [0.4, 0.5) is 17.8 Å². The van der Waals surface area contributed by atoms with Crippen LogP contribution in [0.2, 0.25) is 0 Å². The van der Waals surface area contributed by atoms with Gasteiger partial charge in [-0.1, -0.05) is 0 Å². The van der Waals surface area contributed by atoms with E-state index in [9.17, 15) is 0 Å². The number of hydrogen-bond donors (Lipinski definition) is 0. The van der Waals surface area contributed by atoms with E-state index in [1.165, 1.54) is 9.75 Å². The minimum absolute atomic E-state index is 0.674. The molecule has 0 aromatic carbocycles. The van der Waals surface area contributed by atoms with Gasteiger partial charge in [-0.25, -0.2) is 0 Å². The Labute approximate surface area is 136 Å². The Bertz CT molecular complexity index is 596. The Kier molecular flexibility index (Phi) is 5.18. The van der Waals surface area contributed by atoms with E-state index in [0.29, 0.717) is 17.8 Å². The monoisotopic (exact) mass is 320 g/mol. The highest BCUT2D eigenvalue weighted by atomic mass is 32.1. The zero-order valence-corrected chi connectivity index (χ0v) is 15.0. The minimum Gasteiger partial charge on any atom is -0.347 e. The smallest absolute Gasteiger partial charge is 0.231 e. The molecule has 0 atom stereocenters. The highest BCUT2D eigenvalue weighted by molar-refractivity contribution is 7.11. The molecule has 7 heteroatoms. The maximum Gasteiger partial charge on any atom is 0.231 e. The van der Waals surface area contributed by atoms with Gasteiger partial charge < -0.3 is 14.7 Å². The van der Waals surface area contributed by atoms with Crippen LogP contribution in [0.25, 0.3) is 0 Å². The number of nitrogens with zero attached hydrogens (tertiary/aromatic N) is 6. The van der Waals surface area contributed by atoms with Crippen molar-refractivity contribution in [2.24, 2.45) is 0 Å². The Hall–Kier alpha value is -1.89. The molecular formula is C15H24N6S. The molecule has 0 aliphatic rings. The minimum atomic E-state index is 0.674. The Balaban J connectivity index is 2.15. The van der Waals surface area contributed by atoms with Gasteiger partial charge in [0.2, 0.25) is 17.8 Å². The summed E-state index contributed by atoms with van der Waals surface area (Å²) in [6.45, 7) is 3.01. The Morgan fingerprint density at radius 1 is 0.864 bits per heavy atom. The standard InChI is InChI=1S/C15H24N6S/c1-11-7-8-12(22-11)9-10-21(6)15-17-13(19(2)3)16-14(18-15)20(4)5/h7-8H,9-10H2,1-6H3. The predicted molar refractivity (Wildman–Crippen MR) is 94.5 cm³/mol. The highest BCUT2D eigenvalue weighted by Crippen LogP contribution is 2.18. The molecule has 0 aliphatic heterocycles. The normalized spacial score (nSPS) is 10.6. The largest absolute Gasteiger partial charge is 0.347 e. The van der Waals surface area contributed by atoms with E-state index in [4.69, 9.17) is 0 Å². The Morgan fingerprint density at radius 3 is 1.86 bits per heavy atom. The van der Waals surface area contributed by atoms with Crippen LogP contribution in [0.1, 0.15) is 9.75 Å². The number of aryl methyl sites for hydroxylation is 1. The molecule has 0 unspecified atom stereocenters. The van der Waals surface area contributed by atoms with Crippen molar-refractivity contribution in [1.29, 1.82) is 0 Å². The van der Waals surface area contributed by atoms with Gasteiger partial charge >= 0.3 is 0 Å². The zero-order chi connectivity index (χ0) is 16.3.